The van der Waals surface area contributed by atoms with E-state index in [1.165, 1.54) is 0 Å². The SMILES string of the molecule is CC(C)COCCOc1ccc(C(=O)O)c2ccccc12. The summed E-state index contributed by atoms with van der Waals surface area (Å²) in [6.07, 6.45) is 0. The second-order valence-electron chi connectivity index (χ2n) is 5.28. The Labute approximate surface area is 124 Å². The van der Waals surface area contributed by atoms with Crippen LogP contribution in [-0.4, -0.2) is 30.9 Å². The smallest absolute Gasteiger partial charge is 0.336 e. The fourth-order valence-electron chi connectivity index (χ4n) is 2.11. The van der Waals surface area contributed by atoms with Crippen molar-refractivity contribution < 1.29 is 19.4 Å². The first-order valence-corrected chi connectivity index (χ1v) is 7.05. The second-order valence-corrected chi connectivity index (χ2v) is 5.28. The van der Waals surface area contributed by atoms with Gasteiger partial charge in [0.05, 0.1) is 12.2 Å². The van der Waals surface area contributed by atoms with Crippen LogP contribution in [0.25, 0.3) is 10.8 Å². The Balaban J connectivity index is 2.11. The first-order valence-electron chi connectivity index (χ1n) is 7.05. The highest BCUT2D eigenvalue weighted by molar-refractivity contribution is 6.05. The van der Waals surface area contributed by atoms with Crippen LogP contribution in [0.5, 0.6) is 5.75 Å². The van der Waals surface area contributed by atoms with Crippen LogP contribution in [0.2, 0.25) is 0 Å². The molecule has 0 saturated heterocycles. The van der Waals surface area contributed by atoms with E-state index in [1.54, 1.807) is 18.2 Å². The fraction of sp³-hybridized carbons (Fsp3) is 0.353. The van der Waals surface area contributed by atoms with Gasteiger partial charge in [-0.15, -0.1) is 0 Å². The van der Waals surface area contributed by atoms with Crippen molar-refractivity contribution in [2.75, 3.05) is 19.8 Å². The van der Waals surface area contributed by atoms with Gasteiger partial charge in [0.1, 0.15) is 12.4 Å². The monoisotopic (exact) mass is 288 g/mol. The van der Waals surface area contributed by atoms with E-state index in [9.17, 15) is 9.90 Å². The topological polar surface area (TPSA) is 55.8 Å². The van der Waals surface area contributed by atoms with Crippen LogP contribution in [0.1, 0.15) is 24.2 Å². The Kier molecular flexibility index (Phi) is 5.17. The van der Waals surface area contributed by atoms with E-state index in [0.717, 1.165) is 5.39 Å². The summed E-state index contributed by atoms with van der Waals surface area (Å²) in [5.74, 6) is 0.252. The van der Waals surface area contributed by atoms with Gasteiger partial charge in [0, 0.05) is 12.0 Å². The van der Waals surface area contributed by atoms with E-state index in [4.69, 9.17) is 9.47 Å². The molecule has 112 valence electrons. The number of fused-ring (bicyclic) bond motifs is 1. The molecule has 2 aromatic carbocycles. The zero-order valence-corrected chi connectivity index (χ0v) is 12.3. The summed E-state index contributed by atoms with van der Waals surface area (Å²) in [7, 11) is 0. The Morgan fingerprint density at radius 1 is 1.10 bits per heavy atom. The molecule has 4 heteroatoms. The van der Waals surface area contributed by atoms with Gasteiger partial charge in [-0.05, 0) is 23.4 Å². The third-order valence-electron chi connectivity index (χ3n) is 3.05. The number of carboxylic acid groups (broad SMARTS) is 1. The van der Waals surface area contributed by atoms with E-state index in [0.29, 0.717) is 36.9 Å². The first kappa shape index (κ1) is 15.3. The molecule has 0 atom stereocenters. The number of ether oxygens (including phenoxy) is 2. The van der Waals surface area contributed by atoms with E-state index in [2.05, 4.69) is 13.8 Å². The third kappa shape index (κ3) is 3.95. The molecule has 0 radical (unpaired) electrons. The Hall–Kier alpha value is -2.07. The minimum atomic E-state index is -0.932. The molecule has 0 spiro atoms. The van der Waals surface area contributed by atoms with Gasteiger partial charge in [-0.3, -0.25) is 0 Å². The number of hydrogen-bond acceptors (Lipinski definition) is 3. The molecule has 0 bridgehead atoms. The van der Waals surface area contributed by atoms with Gasteiger partial charge in [-0.1, -0.05) is 38.1 Å². The minimum absolute atomic E-state index is 0.286. The zero-order chi connectivity index (χ0) is 15.2. The highest BCUT2D eigenvalue weighted by atomic mass is 16.5. The molecule has 21 heavy (non-hydrogen) atoms. The van der Waals surface area contributed by atoms with Gasteiger partial charge in [-0.2, -0.15) is 0 Å². The summed E-state index contributed by atoms with van der Waals surface area (Å²) in [5, 5.41) is 10.7. The molecular weight excluding hydrogens is 268 g/mol. The Morgan fingerprint density at radius 2 is 1.81 bits per heavy atom. The summed E-state index contributed by atoms with van der Waals surface area (Å²) in [4.78, 5) is 11.2. The normalized spacial score (nSPS) is 11.0. The molecule has 4 nitrogen and oxygen atoms in total. The van der Waals surface area contributed by atoms with Gasteiger partial charge < -0.3 is 14.6 Å². The van der Waals surface area contributed by atoms with Crippen LogP contribution in [0, 0.1) is 5.92 Å². The van der Waals surface area contributed by atoms with Crippen molar-refractivity contribution in [1.29, 1.82) is 0 Å². The van der Waals surface area contributed by atoms with Crippen molar-refractivity contribution in [1.82, 2.24) is 0 Å². The highest BCUT2D eigenvalue weighted by Crippen LogP contribution is 2.28. The summed E-state index contributed by atoms with van der Waals surface area (Å²) in [6, 6.07) is 10.6. The van der Waals surface area contributed by atoms with Crippen molar-refractivity contribution in [3.05, 3.63) is 42.0 Å². The summed E-state index contributed by atoms with van der Waals surface area (Å²) >= 11 is 0. The molecule has 0 amide bonds. The average Bonchev–Trinajstić information content (AvgIpc) is 2.46. The fourth-order valence-corrected chi connectivity index (χ4v) is 2.11. The van der Waals surface area contributed by atoms with E-state index < -0.39 is 5.97 Å². The molecule has 2 rings (SSSR count). The molecule has 2 aromatic rings. The molecule has 0 aromatic heterocycles. The lowest BCUT2D eigenvalue weighted by atomic mass is 10.0. The lowest BCUT2D eigenvalue weighted by Crippen LogP contribution is -2.10. The molecule has 0 unspecified atom stereocenters. The van der Waals surface area contributed by atoms with Gasteiger partial charge in [0.2, 0.25) is 0 Å². The largest absolute Gasteiger partial charge is 0.491 e. The van der Waals surface area contributed by atoms with Gasteiger partial charge >= 0.3 is 5.97 Å². The van der Waals surface area contributed by atoms with Crippen LogP contribution in [0.4, 0.5) is 0 Å². The number of benzene rings is 2. The number of hydrogen-bond donors (Lipinski definition) is 1. The lowest BCUT2D eigenvalue weighted by Gasteiger charge is -2.12. The van der Waals surface area contributed by atoms with Gasteiger partial charge in [-0.25, -0.2) is 4.79 Å². The number of rotatable bonds is 7. The molecule has 0 aliphatic carbocycles. The van der Waals surface area contributed by atoms with Crippen LogP contribution in [0.15, 0.2) is 36.4 Å². The molecule has 0 aliphatic heterocycles. The maximum absolute atomic E-state index is 11.2. The number of aromatic carboxylic acids is 1. The van der Waals surface area contributed by atoms with E-state index in [-0.39, 0.29) is 5.56 Å². The minimum Gasteiger partial charge on any atom is -0.491 e. The Morgan fingerprint density at radius 3 is 2.48 bits per heavy atom. The van der Waals surface area contributed by atoms with Crippen molar-refractivity contribution in [3.63, 3.8) is 0 Å². The van der Waals surface area contributed by atoms with Crippen LogP contribution in [-0.2, 0) is 4.74 Å². The summed E-state index contributed by atoms with van der Waals surface area (Å²) in [5.41, 5.74) is 0.286. The predicted molar refractivity (Wildman–Crippen MR) is 82.1 cm³/mol. The molecule has 0 aliphatic rings. The van der Waals surface area contributed by atoms with E-state index in [1.807, 2.05) is 18.2 Å². The molecule has 0 heterocycles. The van der Waals surface area contributed by atoms with Gasteiger partial charge in [0.15, 0.2) is 0 Å². The quantitative estimate of drug-likeness (QED) is 0.791. The summed E-state index contributed by atoms with van der Waals surface area (Å²) in [6.45, 7) is 5.87. The van der Waals surface area contributed by atoms with Crippen molar-refractivity contribution in [2.45, 2.75) is 13.8 Å². The van der Waals surface area contributed by atoms with Crippen molar-refractivity contribution in [3.8, 4) is 5.75 Å². The van der Waals surface area contributed by atoms with Crippen LogP contribution >= 0.6 is 0 Å². The lowest BCUT2D eigenvalue weighted by molar-refractivity contribution is 0.0699. The van der Waals surface area contributed by atoms with Crippen LogP contribution < -0.4 is 4.74 Å². The van der Waals surface area contributed by atoms with Crippen LogP contribution in [0.3, 0.4) is 0 Å². The molecule has 0 saturated carbocycles. The zero-order valence-electron chi connectivity index (χ0n) is 12.3. The van der Waals surface area contributed by atoms with Gasteiger partial charge in [0.25, 0.3) is 0 Å². The number of carbonyl (C=O) groups is 1. The summed E-state index contributed by atoms with van der Waals surface area (Å²) < 4.78 is 11.2. The maximum atomic E-state index is 11.2. The third-order valence-corrected chi connectivity index (χ3v) is 3.05. The maximum Gasteiger partial charge on any atom is 0.336 e. The standard InChI is InChI=1S/C17H20O4/c1-12(2)11-20-9-10-21-16-8-7-15(17(18)19)13-5-3-4-6-14(13)16/h3-8,12H,9-11H2,1-2H3,(H,18,19). The predicted octanol–water partition coefficient (Wildman–Crippen LogP) is 3.59. The first-order chi connectivity index (χ1) is 10.1. The Bertz CT molecular complexity index is 619. The molecule has 1 N–H and O–H groups in total. The molecule has 0 fully saturated rings. The second kappa shape index (κ2) is 7.09. The van der Waals surface area contributed by atoms with Crippen molar-refractivity contribution in [2.24, 2.45) is 5.92 Å². The average molecular weight is 288 g/mol. The molecular formula is C17H20O4. The highest BCUT2D eigenvalue weighted by Gasteiger charge is 2.11. The van der Waals surface area contributed by atoms with Crippen molar-refractivity contribution >= 4 is 16.7 Å². The number of carboxylic acids is 1. The van der Waals surface area contributed by atoms with E-state index >= 15 is 0 Å².